The van der Waals surface area contributed by atoms with E-state index in [1.54, 1.807) is 0 Å². The van der Waals surface area contributed by atoms with Crippen molar-refractivity contribution in [1.82, 2.24) is 10.2 Å². The number of nitrogens with zero attached hydrogens (tertiary/aromatic N) is 1. The Hall–Kier alpha value is -1.10. The topological polar surface area (TPSA) is 69.6 Å². The minimum atomic E-state index is -0.836. The van der Waals surface area contributed by atoms with Crippen molar-refractivity contribution in [1.29, 1.82) is 0 Å². The molecule has 1 fully saturated rings. The first-order chi connectivity index (χ1) is 9.92. The van der Waals surface area contributed by atoms with Crippen molar-refractivity contribution >= 4 is 11.9 Å². The normalized spacial score (nSPS) is 23.5. The number of carboxylic acids is 1. The summed E-state index contributed by atoms with van der Waals surface area (Å²) in [6.07, 6.45) is 4.31. The lowest BCUT2D eigenvalue weighted by Gasteiger charge is -2.32. The van der Waals surface area contributed by atoms with Crippen LogP contribution in [0.25, 0.3) is 0 Å². The first-order valence-electron chi connectivity index (χ1n) is 8.09. The molecular weight excluding hydrogens is 268 g/mol. The Morgan fingerprint density at radius 1 is 1.19 bits per heavy atom. The summed E-state index contributed by atoms with van der Waals surface area (Å²) >= 11 is 0. The molecule has 1 rings (SSSR count). The maximum Gasteiger partial charge on any atom is 0.307 e. The van der Waals surface area contributed by atoms with Gasteiger partial charge in [-0.2, -0.15) is 0 Å². The molecule has 21 heavy (non-hydrogen) atoms. The molecule has 3 unspecified atom stereocenters. The zero-order valence-electron chi connectivity index (χ0n) is 13.8. The number of amides is 1. The second kappa shape index (κ2) is 8.37. The fraction of sp³-hybridized carbons (Fsp3) is 0.875. The molecule has 3 atom stereocenters. The molecule has 0 radical (unpaired) electrons. The van der Waals surface area contributed by atoms with E-state index in [-0.39, 0.29) is 11.8 Å². The first kappa shape index (κ1) is 18.0. The molecule has 0 aromatic carbocycles. The summed E-state index contributed by atoms with van der Waals surface area (Å²) in [6.45, 7) is 4.94. The van der Waals surface area contributed by atoms with E-state index in [0.29, 0.717) is 31.3 Å². The average Bonchev–Trinajstić information content (AvgIpc) is 2.92. The van der Waals surface area contributed by atoms with Gasteiger partial charge in [0.15, 0.2) is 0 Å². The molecule has 0 spiro atoms. The molecule has 2 N–H and O–H groups in total. The van der Waals surface area contributed by atoms with Gasteiger partial charge in [0.25, 0.3) is 0 Å². The van der Waals surface area contributed by atoms with Gasteiger partial charge < -0.3 is 15.3 Å². The van der Waals surface area contributed by atoms with Crippen LogP contribution in [0.1, 0.15) is 46.0 Å². The van der Waals surface area contributed by atoms with Crippen molar-refractivity contribution in [2.45, 2.75) is 52.0 Å². The standard InChI is InChI=1S/C16H30N2O3/c1-5-11(6-2)14(18(3)4)10-17-15(19)12-8-7-9-13(12)16(20)21/h11-14H,5-10H2,1-4H3,(H,17,19)(H,20,21). The second-order valence-corrected chi connectivity index (χ2v) is 6.33. The molecule has 1 aliphatic carbocycles. The lowest BCUT2D eigenvalue weighted by atomic mass is 9.92. The van der Waals surface area contributed by atoms with Gasteiger partial charge in [0, 0.05) is 12.6 Å². The minimum Gasteiger partial charge on any atom is -0.481 e. The molecule has 5 heteroatoms. The van der Waals surface area contributed by atoms with Gasteiger partial charge in [0.1, 0.15) is 0 Å². The molecule has 1 amide bonds. The van der Waals surface area contributed by atoms with E-state index in [1.165, 1.54) is 0 Å². The molecule has 5 nitrogen and oxygen atoms in total. The maximum atomic E-state index is 12.3. The van der Waals surface area contributed by atoms with Crippen LogP contribution in [0.5, 0.6) is 0 Å². The van der Waals surface area contributed by atoms with E-state index >= 15 is 0 Å². The lowest BCUT2D eigenvalue weighted by molar-refractivity contribution is -0.146. The third-order valence-corrected chi connectivity index (χ3v) is 4.91. The monoisotopic (exact) mass is 298 g/mol. The van der Waals surface area contributed by atoms with E-state index in [2.05, 4.69) is 24.1 Å². The van der Waals surface area contributed by atoms with E-state index in [1.807, 2.05) is 14.1 Å². The van der Waals surface area contributed by atoms with Gasteiger partial charge in [-0.15, -0.1) is 0 Å². The van der Waals surface area contributed by atoms with Crippen LogP contribution in [0, 0.1) is 17.8 Å². The Balaban J connectivity index is 2.59. The van der Waals surface area contributed by atoms with Crippen molar-refractivity contribution < 1.29 is 14.7 Å². The molecular formula is C16H30N2O3. The summed E-state index contributed by atoms with van der Waals surface area (Å²) < 4.78 is 0. The van der Waals surface area contributed by atoms with Crippen LogP contribution in [0.2, 0.25) is 0 Å². The van der Waals surface area contributed by atoms with Crippen LogP contribution < -0.4 is 5.32 Å². The summed E-state index contributed by atoms with van der Waals surface area (Å²) in [6, 6.07) is 0.300. The van der Waals surface area contributed by atoms with Crippen molar-refractivity contribution in [3.63, 3.8) is 0 Å². The fourth-order valence-electron chi connectivity index (χ4n) is 3.51. The van der Waals surface area contributed by atoms with E-state index in [0.717, 1.165) is 19.3 Å². The Labute approximate surface area is 128 Å². The Kier molecular flexibility index (Phi) is 7.15. The highest BCUT2D eigenvalue weighted by Crippen LogP contribution is 2.32. The maximum absolute atomic E-state index is 12.3. The van der Waals surface area contributed by atoms with Crippen molar-refractivity contribution in [3.05, 3.63) is 0 Å². The zero-order chi connectivity index (χ0) is 16.0. The molecule has 0 bridgehead atoms. The highest BCUT2D eigenvalue weighted by Gasteiger charge is 2.37. The number of carbonyl (C=O) groups excluding carboxylic acids is 1. The van der Waals surface area contributed by atoms with Crippen molar-refractivity contribution in [3.8, 4) is 0 Å². The molecule has 0 heterocycles. The number of carboxylic acid groups (broad SMARTS) is 1. The average molecular weight is 298 g/mol. The SMILES string of the molecule is CCC(CC)C(CNC(=O)C1CCCC1C(=O)O)N(C)C. The van der Waals surface area contributed by atoms with Gasteiger partial charge in [-0.05, 0) is 32.9 Å². The summed E-state index contributed by atoms with van der Waals surface area (Å²) in [5, 5.41) is 12.2. The van der Waals surface area contributed by atoms with Crippen molar-refractivity contribution in [2.75, 3.05) is 20.6 Å². The van der Waals surface area contributed by atoms with Crippen LogP contribution in [0.15, 0.2) is 0 Å². The third-order valence-electron chi connectivity index (χ3n) is 4.91. The number of nitrogens with one attached hydrogen (secondary N) is 1. The Morgan fingerprint density at radius 3 is 2.24 bits per heavy atom. The van der Waals surface area contributed by atoms with Crippen LogP contribution in [0.3, 0.4) is 0 Å². The molecule has 0 aromatic rings. The number of aliphatic carboxylic acids is 1. The van der Waals surface area contributed by atoms with Gasteiger partial charge >= 0.3 is 5.97 Å². The van der Waals surface area contributed by atoms with Crippen LogP contribution in [-0.2, 0) is 9.59 Å². The van der Waals surface area contributed by atoms with Gasteiger partial charge in [-0.1, -0.05) is 33.1 Å². The van der Waals surface area contributed by atoms with Gasteiger partial charge in [0.05, 0.1) is 11.8 Å². The van der Waals surface area contributed by atoms with Crippen LogP contribution in [0.4, 0.5) is 0 Å². The largest absolute Gasteiger partial charge is 0.481 e. The number of hydrogen-bond acceptors (Lipinski definition) is 3. The summed E-state index contributed by atoms with van der Waals surface area (Å²) in [5.41, 5.74) is 0. The molecule has 1 aliphatic rings. The molecule has 0 aromatic heterocycles. The molecule has 0 aliphatic heterocycles. The fourth-order valence-corrected chi connectivity index (χ4v) is 3.51. The smallest absolute Gasteiger partial charge is 0.307 e. The van der Waals surface area contributed by atoms with Gasteiger partial charge in [0.2, 0.25) is 5.91 Å². The van der Waals surface area contributed by atoms with Gasteiger partial charge in [-0.3, -0.25) is 9.59 Å². The van der Waals surface area contributed by atoms with E-state index < -0.39 is 11.9 Å². The van der Waals surface area contributed by atoms with E-state index in [9.17, 15) is 14.7 Å². The number of hydrogen-bond donors (Lipinski definition) is 2. The lowest BCUT2D eigenvalue weighted by Crippen LogP contribution is -2.46. The summed E-state index contributed by atoms with van der Waals surface area (Å²) in [4.78, 5) is 25.6. The Bertz CT molecular complexity index is 353. The number of carbonyl (C=O) groups is 2. The third kappa shape index (κ3) is 4.70. The second-order valence-electron chi connectivity index (χ2n) is 6.33. The summed E-state index contributed by atoms with van der Waals surface area (Å²) in [7, 11) is 4.07. The number of likely N-dealkylation sites (N-methyl/N-ethyl adjacent to an activating group) is 1. The highest BCUT2D eigenvalue weighted by molar-refractivity contribution is 5.85. The molecule has 0 saturated heterocycles. The van der Waals surface area contributed by atoms with Gasteiger partial charge in [-0.25, -0.2) is 0 Å². The quantitative estimate of drug-likeness (QED) is 0.719. The Morgan fingerprint density at radius 2 is 1.76 bits per heavy atom. The van der Waals surface area contributed by atoms with Crippen LogP contribution in [-0.4, -0.2) is 48.6 Å². The number of rotatable bonds is 8. The summed E-state index contributed by atoms with van der Waals surface area (Å²) in [5.74, 6) is -1.24. The van der Waals surface area contributed by atoms with Crippen molar-refractivity contribution in [2.24, 2.45) is 17.8 Å². The minimum absolute atomic E-state index is 0.0855. The molecule has 1 saturated carbocycles. The predicted molar refractivity (Wildman–Crippen MR) is 83.0 cm³/mol. The van der Waals surface area contributed by atoms with E-state index in [4.69, 9.17) is 0 Å². The molecule has 122 valence electrons. The zero-order valence-corrected chi connectivity index (χ0v) is 13.8. The first-order valence-corrected chi connectivity index (χ1v) is 8.09. The predicted octanol–water partition coefficient (Wildman–Crippen LogP) is 1.97. The van der Waals surface area contributed by atoms with Crippen LogP contribution >= 0.6 is 0 Å². The highest BCUT2D eigenvalue weighted by atomic mass is 16.4.